The molecule has 1 unspecified atom stereocenters. The number of hydrogen-bond donors (Lipinski definition) is 0. The number of aromatic nitrogens is 1. The van der Waals surface area contributed by atoms with Crippen LogP contribution < -0.4 is 4.90 Å². The zero-order valence-electron chi connectivity index (χ0n) is 13.2. The first-order chi connectivity index (χ1) is 11.3. The van der Waals surface area contributed by atoms with Crippen LogP contribution in [0.2, 0.25) is 0 Å². The molecule has 1 atom stereocenters. The van der Waals surface area contributed by atoms with Crippen molar-refractivity contribution in [3.63, 3.8) is 0 Å². The van der Waals surface area contributed by atoms with Crippen molar-refractivity contribution in [2.24, 2.45) is 0 Å². The van der Waals surface area contributed by atoms with Crippen molar-refractivity contribution in [3.05, 3.63) is 59.9 Å². The smallest absolute Gasteiger partial charge is 0.324 e. The SMILES string of the molecule is O=C(N1CCC(c2cccnc2)C1)N1CCCc2ccccc21. The van der Waals surface area contributed by atoms with E-state index in [0.717, 1.165) is 44.6 Å². The maximum Gasteiger partial charge on any atom is 0.324 e. The topological polar surface area (TPSA) is 36.4 Å². The van der Waals surface area contributed by atoms with E-state index in [1.54, 1.807) is 6.20 Å². The third-order valence-corrected chi connectivity index (χ3v) is 4.96. The number of hydrogen-bond acceptors (Lipinski definition) is 2. The molecule has 2 amide bonds. The fraction of sp³-hybridized carbons (Fsp3) is 0.368. The predicted molar refractivity (Wildman–Crippen MR) is 90.7 cm³/mol. The van der Waals surface area contributed by atoms with Crippen molar-refractivity contribution in [1.82, 2.24) is 9.88 Å². The number of benzene rings is 1. The third-order valence-electron chi connectivity index (χ3n) is 4.96. The van der Waals surface area contributed by atoms with Gasteiger partial charge in [0.1, 0.15) is 0 Å². The average Bonchev–Trinajstić information content (AvgIpc) is 3.11. The number of fused-ring (bicyclic) bond motifs is 1. The minimum Gasteiger partial charge on any atom is -0.324 e. The van der Waals surface area contributed by atoms with E-state index in [2.05, 4.69) is 29.2 Å². The van der Waals surface area contributed by atoms with Crippen LogP contribution in [0.25, 0.3) is 0 Å². The summed E-state index contributed by atoms with van der Waals surface area (Å²) in [5.74, 6) is 0.410. The number of carbonyl (C=O) groups is 1. The van der Waals surface area contributed by atoms with Crippen LogP contribution in [0.5, 0.6) is 0 Å². The lowest BCUT2D eigenvalue weighted by Gasteiger charge is -2.32. The van der Waals surface area contributed by atoms with Gasteiger partial charge in [0, 0.05) is 43.6 Å². The number of aryl methyl sites for hydroxylation is 1. The van der Waals surface area contributed by atoms with Crippen molar-refractivity contribution < 1.29 is 4.79 Å². The number of rotatable bonds is 1. The molecule has 118 valence electrons. The summed E-state index contributed by atoms with van der Waals surface area (Å²) in [5.41, 5.74) is 3.62. The summed E-state index contributed by atoms with van der Waals surface area (Å²) in [5, 5.41) is 0. The van der Waals surface area contributed by atoms with Crippen LogP contribution in [0, 0.1) is 0 Å². The van der Waals surface area contributed by atoms with E-state index in [1.165, 1.54) is 11.1 Å². The summed E-state index contributed by atoms with van der Waals surface area (Å²) in [6, 6.07) is 12.5. The standard InChI is InChI=1S/C19H21N3O/c23-19(22-11-4-7-15-5-1-2-8-18(15)22)21-12-9-17(14-21)16-6-3-10-20-13-16/h1-3,5-6,8,10,13,17H,4,7,9,11-12,14H2. The Morgan fingerprint density at radius 3 is 2.91 bits per heavy atom. The van der Waals surface area contributed by atoms with Gasteiger partial charge in [-0.3, -0.25) is 9.88 Å². The highest BCUT2D eigenvalue weighted by atomic mass is 16.2. The number of carbonyl (C=O) groups excluding carboxylic acids is 1. The second-order valence-electron chi connectivity index (χ2n) is 6.38. The summed E-state index contributed by atoms with van der Waals surface area (Å²) >= 11 is 0. The quantitative estimate of drug-likeness (QED) is 0.809. The van der Waals surface area contributed by atoms with Crippen molar-refractivity contribution in [2.45, 2.75) is 25.2 Å². The van der Waals surface area contributed by atoms with Gasteiger partial charge in [-0.2, -0.15) is 0 Å². The summed E-state index contributed by atoms with van der Waals surface area (Å²) in [6.45, 7) is 2.45. The predicted octanol–water partition coefficient (Wildman–Crippen LogP) is 3.44. The minimum absolute atomic E-state index is 0.156. The van der Waals surface area contributed by atoms with Gasteiger partial charge in [-0.25, -0.2) is 4.79 Å². The number of nitrogens with zero attached hydrogens (tertiary/aromatic N) is 3. The molecule has 0 saturated carbocycles. The molecule has 2 aromatic rings. The van der Waals surface area contributed by atoms with E-state index in [4.69, 9.17) is 0 Å². The first kappa shape index (κ1) is 14.2. The first-order valence-corrected chi connectivity index (χ1v) is 8.37. The van der Waals surface area contributed by atoms with Gasteiger partial charge in [-0.05, 0) is 42.5 Å². The second kappa shape index (κ2) is 6.03. The Balaban J connectivity index is 1.51. The molecule has 1 saturated heterocycles. The Morgan fingerprint density at radius 1 is 1.13 bits per heavy atom. The molecule has 2 aliphatic heterocycles. The van der Waals surface area contributed by atoms with Gasteiger partial charge in [-0.15, -0.1) is 0 Å². The Kier molecular flexibility index (Phi) is 3.74. The van der Waals surface area contributed by atoms with Gasteiger partial charge in [0.2, 0.25) is 0 Å². The lowest BCUT2D eigenvalue weighted by Crippen LogP contribution is -2.44. The van der Waals surface area contributed by atoms with Gasteiger partial charge in [0.25, 0.3) is 0 Å². The molecule has 23 heavy (non-hydrogen) atoms. The van der Waals surface area contributed by atoms with Gasteiger partial charge < -0.3 is 4.90 Å². The first-order valence-electron chi connectivity index (χ1n) is 8.37. The zero-order chi connectivity index (χ0) is 15.6. The molecule has 1 aromatic carbocycles. The molecule has 0 bridgehead atoms. The summed E-state index contributed by atoms with van der Waals surface area (Å²) in [4.78, 5) is 21.1. The van der Waals surface area contributed by atoms with Crippen LogP contribution in [-0.2, 0) is 6.42 Å². The number of amides is 2. The van der Waals surface area contributed by atoms with E-state index in [9.17, 15) is 4.79 Å². The molecule has 1 fully saturated rings. The Labute approximate surface area is 136 Å². The zero-order valence-corrected chi connectivity index (χ0v) is 13.2. The number of para-hydroxylation sites is 1. The molecule has 0 N–H and O–H groups in total. The number of pyridine rings is 1. The molecule has 2 aliphatic rings. The van der Waals surface area contributed by atoms with Crippen LogP contribution in [0.3, 0.4) is 0 Å². The van der Waals surface area contributed by atoms with E-state index >= 15 is 0 Å². The largest absolute Gasteiger partial charge is 0.324 e. The van der Waals surface area contributed by atoms with E-state index < -0.39 is 0 Å². The molecule has 3 heterocycles. The average molecular weight is 307 g/mol. The normalized spacial score (nSPS) is 20.4. The van der Waals surface area contributed by atoms with Crippen LogP contribution in [-0.4, -0.2) is 35.5 Å². The fourth-order valence-corrected chi connectivity index (χ4v) is 3.73. The lowest BCUT2D eigenvalue weighted by atomic mass is 10.0. The van der Waals surface area contributed by atoms with E-state index in [0.29, 0.717) is 5.92 Å². The Hall–Kier alpha value is -2.36. The fourth-order valence-electron chi connectivity index (χ4n) is 3.73. The number of urea groups is 1. The van der Waals surface area contributed by atoms with Crippen LogP contribution in [0.4, 0.5) is 10.5 Å². The molecule has 1 aromatic heterocycles. The molecule has 4 nitrogen and oxygen atoms in total. The van der Waals surface area contributed by atoms with Crippen LogP contribution >= 0.6 is 0 Å². The molecule has 0 aliphatic carbocycles. The molecular formula is C19H21N3O. The molecular weight excluding hydrogens is 286 g/mol. The van der Waals surface area contributed by atoms with Gasteiger partial charge in [0.15, 0.2) is 0 Å². The van der Waals surface area contributed by atoms with E-state index in [1.807, 2.05) is 28.1 Å². The van der Waals surface area contributed by atoms with Crippen LogP contribution in [0.1, 0.15) is 29.9 Å². The Bertz CT molecular complexity index is 701. The van der Waals surface area contributed by atoms with Gasteiger partial charge in [-0.1, -0.05) is 24.3 Å². The van der Waals surface area contributed by atoms with Crippen molar-refractivity contribution >= 4 is 11.7 Å². The monoisotopic (exact) mass is 307 g/mol. The highest BCUT2D eigenvalue weighted by Gasteiger charge is 2.32. The summed E-state index contributed by atoms with van der Waals surface area (Å²) in [7, 11) is 0. The molecule has 0 radical (unpaired) electrons. The highest BCUT2D eigenvalue weighted by molar-refractivity contribution is 5.93. The maximum absolute atomic E-state index is 13.0. The molecule has 4 heteroatoms. The van der Waals surface area contributed by atoms with Crippen LogP contribution in [0.15, 0.2) is 48.8 Å². The lowest BCUT2D eigenvalue weighted by molar-refractivity contribution is 0.214. The third kappa shape index (κ3) is 2.69. The summed E-state index contributed by atoms with van der Waals surface area (Å²) < 4.78 is 0. The molecule has 4 rings (SSSR count). The highest BCUT2D eigenvalue weighted by Crippen LogP contribution is 2.31. The van der Waals surface area contributed by atoms with Gasteiger partial charge >= 0.3 is 6.03 Å². The van der Waals surface area contributed by atoms with Gasteiger partial charge in [0.05, 0.1) is 0 Å². The molecule has 0 spiro atoms. The second-order valence-corrected chi connectivity index (χ2v) is 6.38. The van der Waals surface area contributed by atoms with Crippen molar-refractivity contribution in [2.75, 3.05) is 24.5 Å². The number of likely N-dealkylation sites (tertiary alicyclic amines) is 1. The summed E-state index contributed by atoms with van der Waals surface area (Å²) in [6.07, 6.45) is 6.86. The van der Waals surface area contributed by atoms with Crippen molar-refractivity contribution in [3.8, 4) is 0 Å². The number of anilines is 1. The minimum atomic E-state index is 0.156. The Morgan fingerprint density at radius 2 is 2.04 bits per heavy atom. The van der Waals surface area contributed by atoms with Crippen molar-refractivity contribution in [1.29, 1.82) is 0 Å². The maximum atomic E-state index is 13.0. The van der Waals surface area contributed by atoms with E-state index in [-0.39, 0.29) is 6.03 Å².